The molecule has 148 valence electrons. The Morgan fingerprint density at radius 2 is 1.67 bits per heavy atom. The van der Waals surface area contributed by atoms with Gasteiger partial charge in [-0.1, -0.05) is 25.1 Å². The highest BCUT2D eigenvalue weighted by atomic mass is 19.4. The lowest BCUT2D eigenvalue weighted by molar-refractivity contribution is -0.137. The van der Waals surface area contributed by atoms with Crippen molar-refractivity contribution in [2.24, 2.45) is 0 Å². The highest BCUT2D eigenvalue weighted by Crippen LogP contribution is 2.32. The lowest BCUT2D eigenvalue weighted by Crippen LogP contribution is -2.17. The Bertz CT molecular complexity index is 723. The van der Waals surface area contributed by atoms with Crippen molar-refractivity contribution < 1.29 is 17.9 Å². The third-order valence-corrected chi connectivity index (χ3v) is 4.89. The lowest BCUT2D eigenvalue weighted by atomic mass is 9.86. The molecule has 0 saturated heterocycles. The number of hydrogen-bond donors (Lipinski definition) is 0. The molecule has 0 amide bonds. The Morgan fingerprint density at radius 3 is 2.19 bits per heavy atom. The fourth-order valence-corrected chi connectivity index (χ4v) is 3.27. The minimum Gasteiger partial charge on any atom is -0.497 e. The van der Waals surface area contributed by atoms with Crippen molar-refractivity contribution in [1.82, 2.24) is 4.90 Å². The quantitative estimate of drug-likeness (QED) is 0.596. The van der Waals surface area contributed by atoms with E-state index in [0.29, 0.717) is 0 Å². The second-order valence-corrected chi connectivity index (χ2v) is 7.10. The number of nitrogens with zero attached hydrogens (tertiary/aromatic N) is 1. The predicted octanol–water partition coefficient (Wildman–Crippen LogP) is 5.55. The molecule has 5 heteroatoms. The van der Waals surface area contributed by atoms with Gasteiger partial charge in [0.2, 0.25) is 0 Å². The average Bonchev–Trinajstić information content (AvgIpc) is 2.64. The minimum absolute atomic E-state index is 0.161. The number of halogens is 3. The van der Waals surface area contributed by atoms with Gasteiger partial charge in [-0.05, 0) is 86.8 Å². The van der Waals surface area contributed by atoms with Crippen LogP contribution >= 0.6 is 0 Å². The van der Waals surface area contributed by atoms with Gasteiger partial charge in [0.15, 0.2) is 0 Å². The van der Waals surface area contributed by atoms with Gasteiger partial charge < -0.3 is 9.64 Å². The van der Waals surface area contributed by atoms with Crippen LogP contribution in [-0.2, 0) is 19.0 Å². The fourth-order valence-electron chi connectivity index (χ4n) is 3.27. The van der Waals surface area contributed by atoms with Crippen LogP contribution in [0.5, 0.6) is 5.75 Å². The Labute approximate surface area is 160 Å². The van der Waals surface area contributed by atoms with Gasteiger partial charge in [-0.15, -0.1) is 0 Å². The molecule has 0 N–H and O–H groups in total. The zero-order valence-corrected chi connectivity index (χ0v) is 16.4. The van der Waals surface area contributed by atoms with Crippen LogP contribution in [0.15, 0.2) is 42.5 Å². The summed E-state index contributed by atoms with van der Waals surface area (Å²) in [4.78, 5) is 2.10. The molecular weight excluding hydrogens is 351 g/mol. The molecule has 0 aromatic heterocycles. The second-order valence-electron chi connectivity index (χ2n) is 7.10. The molecule has 0 bridgehead atoms. The third-order valence-electron chi connectivity index (χ3n) is 4.89. The maximum atomic E-state index is 12.9. The standard InChI is InChI=1S/C22H28F3NO/c1-5-16-15-21(27-4)11-8-18(16)14-19(12-13-26(2)3)17-6-9-20(10-7-17)22(23,24)25/h6-11,15,19H,5,12-14H2,1-4H3. The third kappa shape index (κ3) is 5.99. The Balaban J connectivity index is 2.29. The summed E-state index contributed by atoms with van der Waals surface area (Å²) < 4.78 is 43.9. The molecule has 0 aliphatic heterocycles. The number of benzene rings is 2. The van der Waals surface area contributed by atoms with Crippen LogP contribution in [0, 0.1) is 0 Å². The van der Waals surface area contributed by atoms with E-state index < -0.39 is 11.7 Å². The zero-order valence-electron chi connectivity index (χ0n) is 16.4. The molecule has 0 heterocycles. The number of hydrogen-bond acceptors (Lipinski definition) is 2. The molecule has 0 saturated carbocycles. The van der Waals surface area contributed by atoms with E-state index in [2.05, 4.69) is 17.9 Å². The summed E-state index contributed by atoms with van der Waals surface area (Å²) >= 11 is 0. The second kappa shape index (κ2) is 9.27. The monoisotopic (exact) mass is 379 g/mol. The van der Waals surface area contributed by atoms with Crippen molar-refractivity contribution in [3.63, 3.8) is 0 Å². The fraction of sp³-hybridized carbons (Fsp3) is 0.455. The maximum absolute atomic E-state index is 12.9. The smallest absolute Gasteiger partial charge is 0.416 e. The Hall–Kier alpha value is -2.01. The van der Waals surface area contributed by atoms with Crippen LogP contribution < -0.4 is 4.74 Å². The molecule has 1 atom stereocenters. The van der Waals surface area contributed by atoms with Gasteiger partial charge in [0.05, 0.1) is 12.7 Å². The predicted molar refractivity (Wildman–Crippen MR) is 103 cm³/mol. The minimum atomic E-state index is -4.30. The molecule has 0 spiro atoms. The van der Waals surface area contributed by atoms with E-state index in [-0.39, 0.29) is 5.92 Å². The molecule has 2 nitrogen and oxygen atoms in total. The SMILES string of the molecule is CCc1cc(OC)ccc1CC(CCN(C)C)c1ccc(C(F)(F)F)cc1. The molecular formula is C22H28F3NO. The highest BCUT2D eigenvalue weighted by Gasteiger charge is 2.30. The van der Waals surface area contributed by atoms with Gasteiger partial charge in [0.25, 0.3) is 0 Å². The molecule has 0 radical (unpaired) electrons. The van der Waals surface area contributed by atoms with Gasteiger partial charge >= 0.3 is 6.18 Å². The molecule has 1 unspecified atom stereocenters. The Morgan fingerprint density at radius 1 is 1.00 bits per heavy atom. The van der Waals surface area contributed by atoms with Crippen LogP contribution in [0.4, 0.5) is 13.2 Å². The van der Waals surface area contributed by atoms with Crippen molar-refractivity contribution in [3.8, 4) is 5.75 Å². The van der Waals surface area contributed by atoms with Crippen LogP contribution in [0.2, 0.25) is 0 Å². The molecule has 27 heavy (non-hydrogen) atoms. The van der Waals surface area contributed by atoms with Crippen LogP contribution in [-0.4, -0.2) is 32.6 Å². The summed E-state index contributed by atoms with van der Waals surface area (Å²) in [5.41, 5.74) is 2.79. The molecule has 2 rings (SSSR count). The summed E-state index contributed by atoms with van der Waals surface area (Å²) in [5.74, 6) is 0.989. The van der Waals surface area contributed by atoms with E-state index in [0.717, 1.165) is 37.1 Å². The van der Waals surface area contributed by atoms with Gasteiger partial charge in [0, 0.05) is 0 Å². The Kier molecular flexibility index (Phi) is 7.31. The molecule has 2 aromatic rings. The summed E-state index contributed by atoms with van der Waals surface area (Å²) in [7, 11) is 5.67. The summed E-state index contributed by atoms with van der Waals surface area (Å²) in [6.07, 6.45) is -1.73. The maximum Gasteiger partial charge on any atom is 0.416 e. The van der Waals surface area contributed by atoms with Crippen molar-refractivity contribution in [1.29, 1.82) is 0 Å². The topological polar surface area (TPSA) is 12.5 Å². The molecule has 0 aliphatic rings. The first-order valence-corrected chi connectivity index (χ1v) is 9.22. The summed E-state index contributed by atoms with van der Waals surface area (Å²) in [6.45, 7) is 2.98. The first-order valence-electron chi connectivity index (χ1n) is 9.22. The van der Waals surface area contributed by atoms with Crippen molar-refractivity contribution in [3.05, 3.63) is 64.7 Å². The van der Waals surface area contributed by atoms with Crippen LogP contribution in [0.25, 0.3) is 0 Å². The summed E-state index contributed by atoms with van der Waals surface area (Å²) in [6, 6.07) is 11.7. The van der Waals surface area contributed by atoms with Crippen LogP contribution in [0.1, 0.15) is 41.5 Å². The molecule has 2 aromatic carbocycles. The highest BCUT2D eigenvalue weighted by molar-refractivity contribution is 5.37. The van der Waals surface area contributed by atoms with E-state index in [9.17, 15) is 13.2 Å². The number of rotatable bonds is 8. The molecule has 0 aliphatic carbocycles. The van der Waals surface area contributed by atoms with Crippen molar-refractivity contribution in [2.45, 2.75) is 38.3 Å². The average molecular weight is 379 g/mol. The first kappa shape index (κ1) is 21.3. The van der Waals surface area contributed by atoms with Gasteiger partial charge in [-0.3, -0.25) is 0 Å². The van der Waals surface area contributed by atoms with Crippen molar-refractivity contribution in [2.75, 3.05) is 27.7 Å². The first-order chi connectivity index (χ1) is 12.7. The number of ether oxygens (including phenoxy) is 1. The van der Waals surface area contributed by atoms with E-state index >= 15 is 0 Å². The zero-order chi connectivity index (χ0) is 20.0. The lowest BCUT2D eigenvalue weighted by Gasteiger charge is -2.22. The number of alkyl halides is 3. The van der Waals surface area contributed by atoms with Crippen molar-refractivity contribution >= 4 is 0 Å². The number of aryl methyl sites for hydroxylation is 1. The van der Waals surface area contributed by atoms with E-state index in [1.165, 1.54) is 23.3 Å². The van der Waals surface area contributed by atoms with Crippen LogP contribution in [0.3, 0.4) is 0 Å². The summed E-state index contributed by atoms with van der Waals surface area (Å²) in [5, 5.41) is 0. The largest absolute Gasteiger partial charge is 0.497 e. The number of methoxy groups -OCH3 is 1. The van der Waals surface area contributed by atoms with E-state index in [4.69, 9.17) is 4.74 Å². The van der Waals surface area contributed by atoms with E-state index in [1.807, 2.05) is 26.2 Å². The van der Waals surface area contributed by atoms with Gasteiger partial charge in [-0.2, -0.15) is 13.2 Å². The molecule has 0 fully saturated rings. The van der Waals surface area contributed by atoms with E-state index in [1.54, 1.807) is 19.2 Å². The van der Waals surface area contributed by atoms with Gasteiger partial charge in [0.1, 0.15) is 5.75 Å². The normalized spacial score (nSPS) is 13.0. The van der Waals surface area contributed by atoms with Gasteiger partial charge in [-0.25, -0.2) is 0 Å².